The molecule has 2 rings (SSSR count). The van der Waals surface area contributed by atoms with Crippen molar-refractivity contribution in [3.63, 3.8) is 0 Å². The van der Waals surface area contributed by atoms with Gasteiger partial charge in [-0.1, -0.05) is 31.4 Å². The molecule has 5 heteroatoms. The van der Waals surface area contributed by atoms with Crippen molar-refractivity contribution in [1.29, 1.82) is 0 Å². The molecule has 1 aromatic rings. The number of carbonyl (C=O) groups excluding carboxylic acids is 1. The fourth-order valence-electron chi connectivity index (χ4n) is 2.55. The number of benzene rings is 1. The van der Waals surface area contributed by atoms with E-state index in [1.54, 1.807) is 24.3 Å². The number of anilines is 1. The fourth-order valence-corrected chi connectivity index (χ4v) is 2.55. The minimum atomic E-state index is -0.870. The SMILES string of the molecule is NC1(C(=O)Nc2ccc(CC(=O)O)cc2)CCCCC1. The minimum absolute atomic E-state index is 0.0188. The van der Waals surface area contributed by atoms with Crippen LogP contribution in [0.5, 0.6) is 0 Å². The second-order valence-corrected chi connectivity index (χ2v) is 5.44. The van der Waals surface area contributed by atoms with Gasteiger partial charge in [-0.2, -0.15) is 0 Å². The first-order valence-corrected chi connectivity index (χ1v) is 6.91. The number of rotatable bonds is 4. The normalized spacial score (nSPS) is 17.4. The van der Waals surface area contributed by atoms with E-state index in [9.17, 15) is 9.59 Å². The zero-order valence-corrected chi connectivity index (χ0v) is 11.4. The van der Waals surface area contributed by atoms with Crippen LogP contribution in [-0.4, -0.2) is 22.5 Å². The summed E-state index contributed by atoms with van der Waals surface area (Å²) < 4.78 is 0. The lowest BCUT2D eigenvalue weighted by Gasteiger charge is -2.31. The molecule has 108 valence electrons. The molecular weight excluding hydrogens is 256 g/mol. The van der Waals surface area contributed by atoms with Gasteiger partial charge in [-0.3, -0.25) is 9.59 Å². The summed E-state index contributed by atoms with van der Waals surface area (Å²) >= 11 is 0. The lowest BCUT2D eigenvalue weighted by atomic mass is 9.82. The Labute approximate surface area is 118 Å². The summed E-state index contributed by atoms with van der Waals surface area (Å²) in [4.78, 5) is 22.8. The largest absolute Gasteiger partial charge is 0.481 e. The maximum atomic E-state index is 12.2. The van der Waals surface area contributed by atoms with E-state index in [2.05, 4.69) is 5.32 Å². The van der Waals surface area contributed by atoms with Gasteiger partial charge in [0.15, 0.2) is 0 Å². The van der Waals surface area contributed by atoms with E-state index >= 15 is 0 Å². The molecule has 0 saturated heterocycles. The molecule has 0 radical (unpaired) electrons. The topological polar surface area (TPSA) is 92.4 Å². The van der Waals surface area contributed by atoms with E-state index in [1.165, 1.54) is 0 Å². The molecule has 0 atom stereocenters. The molecule has 1 amide bonds. The maximum absolute atomic E-state index is 12.2. The van der Waals surface area contributed by atoms with Gasteiger partial charge in [-0.25, -0.2) is 0 Å². The Bertz CT molecular complexity index is 490. The van der Waals surface area contributed by atoms with Crippen molar-refractivity contribution in [3.05, 3.63) is 29.8 Å². The third-order valence-electron chi connectivity index (χ3n) is 3.77. The fraction of sp³-hybridized carbons (Fsp3) is 0.467. The molecule has 0 spiro atoms. The van der Waals surface area contributed by atoms with Crippen LogP contribution in [0, 0.1) is 0 Å². The lowest BCUT2D eigenvalue weighted by molar-refractivity contribution is -0.136. The van der Waals surface area contributed by atoms with Crippen molar-refractivity contribution in [2.45, 2.75) is 44.1 Å². The van der Waals surface area contributed by atoms with Crippen LogP contribution in [0.3, 0.4) is 0 Å². The van der Waals surface area contributed by atoms with E-state index in [4.69, 9.17) is 10.8 Å². The Morgan fingerprint density at radius 1 is 1.15 bits per heavy atom. The average Bonchev–Trinajstić information content (AvgIpc) is 2.41. The quantitative estimate of drug-likeness (QED) is 0.783. The van der Waals surface area contributed by atoms with Crippen LogP contribution in [-0.2, 0) is 16.0 Å². The van der Waals surface area contributed by atoms with E-state index in [0.29, 0.717) is 11.3 Å². The molecule has 0 bridgehead atoms. The van der Waals surface area contributed by atoms with Gasteiger partial charge in [-0.15, -0.1) is 0 Å². The number of carbonyl (C=O) groups is 2. The first kappa shape index (κ1) is 14.5. The van der Waals surface area contributed by atoms with E-state index in [0.717, 1.165) is 32.1 Å². The summed E-state index contributed by atoms with van der Waals surface area (Å²) in [5.74, 6) is -1.02. The van der Waals surface area contributed by atoms with Crippen LogP contribution in [0.25, 0.3) is 0 Å². The Morgan fingerprint density at radius 2 is 1.75 bits per heavy atom. The molecule has 0 aromatic heterocycles. The highest BCUT2D eigenvalue weighted by molar-refractivity contribution is 5.98. The molecule has 4 N–H and O–H groups in total. The molecule has 1 saturated carbocycles. The molecule has 1 aliphatic rings. The molecule has 0 aliphatic heterocycles. The number of nitrogens with one attached hydrogen (secondary N) is 1. The van der Waals surface area contributed by atoms with Gasteiger partial charge in [0.25, 0.3) is 0 Å². The smallest absolute Gasteiger partial charge is 0.307 e. The van der Waals surface area contributed by atoms with Crippen LogP contribution in [0.2, 0.25) is 0 Å². The van der Waals surface area contributed by atoms with Crippen LogP contribution in [0.1, 0.15) is 37.7 Å². The van der Waals surface area contributed by atoms with Gasteiger partial charge in [0.2, 0.25) is 5.91 Å². The molecule has 0 heterocycles. The second-order valence-electron chi connectivity index (χ2n) is 5.44. The third kappa shape index (κ3) is 3.57. The molecule has 1 aromatic carbocycles. The number of hydrogen-bond donors (Lipinski definition) is 3. The van der Waals surface area contributed by atoms with Crippen molar-refractivity contribution in [2.75, 3.05) is 5.32 Å². The first-order valence-electron chi connectivity index (χ1n) is 6.91. The van der Waals surface area contributed by atoms with Crippen molar-refractivity contribution < 1.29 is 14.7 Å². The number of amides is 1. The standard InChI is InChI=1S/C15H20N2O3/c16-15(8-2-1-3-9-15)14(20)17-12-6-4-11(5-7-12)10-13(18)19/h4-7H,1-3,8-10,16H2,(H,17,20)(H,18,19). The number of carboxylic acids is 1. The maximum Gasteiger partial charge on any atom is 0.307 e. The van der Waals surface area contributed by atoms with Gasteiger partial charge in [0.1, 0.15) is 0 Å². The Morgan fingerprint density at radius 3 is 2.30 bits per heavy atom. The van der Waals surface area contributed by atoms with Gasteiger partial charge in [-0.05, 0) is 30.5 Å². The number of aliphatic carboxylic acids is 1. The predicted octanol–water partition coefficient (Wildman–Crippen LogP) is 1.91. The zero-order valence-electron chi connectivity index (χ0n) is 11.4. The van der Waals surface area contributed by atoms with Gasteiger partial charge in [0.05, 0.1) is 12.0 Å². The minimum Gasteiger partial charge on any atom is -0.481 e. The monoisotopic (exact) mass is 276 g/mol. The summed E-state index contributed by atoms with van der Waals surface area (Å²) in [6.07, 6.45) is 4.53. The van der Waals surface area contributed by atoms with Gasteiger partial charge in [0, 0.05) is 5.69 Å². The average molecular weight is 276 g/mol. The van der Waals surface area contributed by atoms with Crippen LogP contribution >= 0.6 is 0 Å². The lowest BCUT2D eigenvalue weighted by Crippen LogP contribution is -2.52. The summed E-state index contributed by atoms with van der Waals surface area (Å²) in [7, 11) is 0. The summed E-state index contributed by atoms with van der Waals surface area (Å²) in [6, 6.07) is 6.83. The van der Waals surface area contributed by atoms with Crippen molar-refractivity contribution in [3.8, 4) is 0 Å². The zero-order chi connectivity index (χ0) is 14.6. The highest BCUT2D eigenvalue weighted by atomic mass is 16.4. The highest BCUT2D eigenvalue weighted by Crippen LogP contribution is 2.27. The van der Waals surface area contributed by atoms with E-state index in [1.807, 2.05) is 0 Å². The summed E-state index contributed by atoms with van der Waals surface area (Å²) in [5.41, 5.74) is 6.75. The predicted molar refractivity (Wildman–Crippen MR) is 76.4 cm³/mol. The Balaban J connectivity index is 1.98. The van der Waals surface area contributed by atoms with Crippen molar-refractivity contribution in [2.24, 2.45) is 5.73 Å². The van der Waals surface area contributed by atoms with E-state index < -0.39 is 11.5 Å². The van der Waals surface area contributed by atoms with E-state index in [-0.39, 0.29) is 12.3 Å². The van der Waals surface area contributed by atoms with Crippen LogP contribution in [0.15, 0.2) is 24.3 Å². The van der Waals surface area contributed by atoms with Crippen molar-refractivity contribution in [1.82, 2.24) is 0 Å². The third-order valence-corrected chi connectivity index (χ3v) is 3.77. The van der Waals surface area contributed by atoms with Crippen LogP contribution < -0.4 is 11.1 Å². The molecule has 1 fully saturated rings. The molecule has 1 aliphatic carbocycles. The molecule has 20 heavy (non-hydrogen) atoms. The van der Waals surface area contributed by atoms with Gasteiger partial charge >= 0.3 is 5.97 Å². The van der Waals surface area contributed by atoms with Crippen LogP contribution in [0.4, 0.5) is 5.69 Å². The molecular formula is C15H20N2O3. The highest BCUT2D eigenvalue weighted by Gasteiger charge is 2.35. The van der Waals surface area contributed by atoms with Gasteiger partial charge < -0.3 is 16.2 Å². The number of carboxylic acid groups (broad SMARTS) is 1. The number of nitrogens with two attached hydrogens (primary N) is 1. The Hall–Kier alpha value is -1.88. The molecule has 0 unspecified atom stereocenters. The summed E-state index contributed by atoms with van der Waals surface area (Å²) in [5, 5.41) is 11.5. The number of hydrogen-bond acceptors (Lipinski definition) is 3. The van der Waals surface area contributed by atoms with Crippen molar-refractivity contribution >= 4 is 17.6 Å². The Kier molecular flexibility index (Phi) is 4.39. The molecule has 5 nitrogen and oxygen atoms in total. The first-order chi connectivity index (χ1) is 9.49. The second kappa shape index (κ2) is 6.05. The summed E-state index contributed by atoms with van der Waals surface area (Å²) in [6.45, 7) is 0.